The van der Waals surface area contributed by atoms with Crippen LogP contribution in [0.2, 0.25) is 0 Å². The van der Waals surface area contributed by atoms with Crippen LogP contribution in [0.15, 0.2) is 53.4 Å². The van der Waals surface area contributed by atoms with Crippen LogP contribution in [0.25, 0.3) is 0 Å². The molecule has 0 aliphatic carbocycles. The van der Waals surface area contributed by atoms with Crippen molar-refractivity contribution >= 4 is 27.4 Å². The van der Waals surface area contributed by atoms with Gasteiger partial charge in [-0.15, -0.1) is 0 Å². The topological polar surface area (TPSA) is 106 Å². The molecule has 0 bridgehead atoms. The van der Waals surface area contributed by atoms with E-state index in [9.17, 15) is 44.8 Å². The van der Waals surface area contributed by atoms with Gasteiger partial charge in [0.15, 0.2) is 0 Å². The van der Waals surface area contributed by atoms with Crippen molar-refractivity contribution in [3.63, 3.8) is 0 Å². The van der Waals surface area contributed by atoms with Gasteiger partial charge in [0.1, 0.15) is 11.9 Å². The summed E-state index contributed by atoms with van der Waals surface area (Å²) in [5.74, 6) is -0.611. The van der Waals surface area contributed by atoms with Crippen LogP contribution in [0.3, 0.4) is 0 Å². The zero-order valence-electron chi connectivity index (χ0n) is 22.1. The Kier molecular flexibility index (Phi) is 8.14. The van der Waals surface area contributed by atoms with Gasteiger partial charge in [-0.25, -0.2) is 13.4 Å². The predicted octanol–water partition coefficient (Wildman–Crippen LogP) is 5.37. The Balaban J connectivity index is 1.57. The smallest absolute Gasteiger partial charge is 0.352 e. The number of hydrogen-bond acceptors (Lipinski definition) is 6. The summed E-state index contributed by atoms with van der Waals surface area (Å²) in [6, 6.07) is 9.66. The number of nitrogens with one attached hydrogen (secondary N) is 1. The van der Waals surface area contributed by atoms with E-state index < -0.39 is 49.9 Å². The first kappa shape index (κ1) is 30.6. The first-order chi connectivity index (χ1) is 19.5. The van der Waals surface area contributed by atoms with Crippen molar-refractivity contribution in [2.24, 2.45) is 0 Å². The second kappa shape index (κ2) is 11.2. The lowest BCUT2D eigenvalue weighted by Gasteiger charge is -2.36. The Bertz CT molecular complexity index is 1670. The van der Waals surface area contributed by atoms with Gasteiger partial charge in [0, 0.05) is 26.2 Å². The van der Waals surface area contributed by atoms with Crippen LogP contribution in [0.4, 0.5) is 37.8 Å². The number of alkyl halides is 6. The molecule has 1 aliphatic heterocycles. The Morgan fingerprint density at radius 3 is 2.19 bits per heavy atom. The number of hydrogen-bond donors (Lipinski definition) is 1. The number of piperazine rings is 1. The van der Waals surface area contributed by atoms with E-state index in [1.165, 1.54) is 30.9 Å². The molecule has 1 aromatic heterocycles. The van der Waals surface area contributed by atoms with Crippen LogP contribution in [-0.4, -0.2) is 50.4 Å². The first-order valence-electron chi connectivity index (χ1n) is 12.4. The highest BCUT2D eigenvalue weighted by molar-refractivity contribution is 7.92. The fourth-order valence-corrected chi connectivity index (χ4v) is 5.82. The number of nitriles is 1. The zero-order chi connectivity index (χ0) is 31.0. The number of anilines is 2. The van der Waals surface area contributed by atoms with Gasteiger partial charge >= 0.3 is 12.4 Å². The molecule has 0 saturated carbocycles. The van der Waals surface area contributed by atoms with E-state index in [1.54, 1.807) is 4.90 Å². The third kappa shape index (κ3) is 6.13. The molecule has 0 radical (unpaired) electrons. The molecular weight excluding hydrogens is 588 g/mol. The quantitative estimate of drug-likeness (QED) is 0.389. The van der Waals surface area contributed by atoms with E-state index in [1.807, 2.05) is 6.07 Å². The maximum Gasteiger partial charge on any atom is 0.417 e. The monoisotopic (exact) mass is 611 g/mol. The van der Waals surface area contributed by atoms with Gasteiger partial charge in [-0.3, -0.25) is 9.52 Å². The molecule has 1 saturated heterocycles. The summed E-state index contributed by atoms with van der Waals surface area (Å²) >= 11 is 0. The van der Waals surface area contributed by atoms with Crippen LogP contribution in [0, 0.1) is 25.2 Å². The zero-order valence-corrected chi connectivity index (χ0v) is 23.0. The minimum atomic E-state index is -4.76. The molecular formula is C27H23F6N5O3S. The van der Waals surface area contributed by atoms with Crippen LogP contribution < -0.4 is 9.62 Å². The molecule has 0 unspecified atom stereocenters. The number of carbonyl (C=O) groups excluding carboxylic acids is 1. The molecule has 0 atom stereocenters. The highest BCUT2D eigenvalue weighted by atomic mass is 32.2. The lowest BCUT2D eigenvalue weighted by Crippen LogP contribution is -2.49. The van der Waals surface area contributed by atoms with Crippen molar-refractivity contribution in [3.8, 4) is 6.07 Å². The molecule has 2 heterocycles. The van der Waals surface area contributed by atoms with Crippen molar-refractivity contribution in [3.05, 3.63) is 82.0 Å². The average molecular weight is 612 g/mol. The highest BCUT2D eigenvalue weighted by Crippen LogP contribution is 2.35. The fourth-order valence-electron chi connectivity index (χ4n) is 4.59. The van der Waals surface area contributed by atoms with Gasteiger partial charge in [0.2, 0.25) is 0 Å². The van der Waals surface area contributed by atoms with Gasteiger partial charge in [0.05, 0.1) is 38.5 Å². The number of pyridine rings is 1. The molecule has 1 fully saturated rings. The predicted molar refractivity (Wildman–Crippen MR) is 140 cm³/mol. The first-order valence-corrected chi connectivity index (χ1v) is 13.8. The summed E-state index contributed by atoms with van der Waals surface area (Å²) in [5, 5.41) is 9.89. The van der Waals surface area contributed by atoms with Gasteiger partial charge in [0.25, 0.3) is 15.9 Å². The fraction of sp³-hybridized carbons (Fsp3) is 0.296. The van der Waals surface area contributed by atoms with E-state index >= 15 is 0 Å². The Labute approximate surface area is 237 Å². The largest absolute Gasteiger partial charge is 0.417 e. The number of aryl methyl sites for hydroxylation is 1. The summed E-state index contributed by atoms with van der Waals surface area (Å²) in [4.78, 5) is 19.6. The number of benzene rings is 2. The molecule has 4 rings (SSSR count). The Hall–Kier alpha value is -4.32. The minimum absolute atomic E-state index is 0.00969. The number of aromatic nitrogens is 1. The van der Waals surface area contributed by atoms with Crippen molar-refractivity contribution in [1.82, 2.24) is 9.88 Å². The lowest BCUT2D eigenvalue weighted by atomic mass is 10.0. The van der Waals surface area contributed by atoms with Crippen molar-refractivity contribution in [2.75, 3.05) is 35.8 Å². The molecule has 42 heavy (non-hydrogen) atoms. The molecule has 8 nitrogen and oxygen atoms in total. The molecule has 2 aromatic carbocycles. The van der Waals surface area contributed by atoms with E-state index in [0.717, 1.165) is 30.3 Å². The van der Waals surface area contributed by atoms with Gasteiger partial charge in [-0.05, 0) is 49.7 Å². The summed E-state index contributed by atoms with van der Waals surface area (Å²) in [6.07, 6.45) is -9.47. The summed E-state index contributed by atoms with van der Waals surface area (Å²) < 4.78 is 108. The molecule has 222 valence electrons. The maximum atomic E-state index is 13.4. The van der Waals surface area contributed by atoms with E-state index in [-0.39, 0.29) is 54.5 Å². The average Bonchev–Trinajstić information content (AvgIpc) is 2.94. The van der Waals surface area contributed by atoms with Crippen LogP contribution in [0.1, 0.15) is 38.3 Å². The minimum Gasteiger partial charge on any atom is -0.352 e. The summed E-state index contributed by atoms with van der Waals surface area (Å²) in [5.41, 5.74) is -2.44. The van der Waals surface area contributed by atoms with E-state index in [4.69, 9.17) is 0 Å². The van der Waals surface area contributed by atoms with Gasteiger partial charge in [-0.2, -0.15) is 31.6 Å². The number of nitrogens with zero attached hydrogens (tertiary/aromatic N) is 4. The lowest BCUT2D eigenvalue weighted by molar-refractivity contribution is -0.138. The maximum absolute atomic E-state index is 13.4. The molecule has 0 spiro atoms. The number of amides is 1. The Morgan fingerprint density at radius 1 is 0.952 bits per heavy atom. The van der Waals surface area contributed by atoms with Crippen LogP contribution >= 0.6 is 0 Å². The number of halogens is 6. The van der Waals surface area contributed by atoms with Crippen molar-refractivity contribution in [1.29, 1.82) is 5.26 Å². The van der Waals surface area contributed by atoms with Gasteiger partial charge in [-0.1, -0.05) is 18.2 Å². The SMILES string of the molecule is Cc1nc(N2CCN(C(=O)c3ccccc3C(F)(F)F)CC2)c(C#N)c(C)c1NS(=O)(=O)c1cccc(C(F)(F)F)c1. The van der Waals surface area contributed by atoms with E-state index in [0.29, 0.717) is 6.07 Å². The number of sulfonamides is 1. The standard InChI is InChI=1S/C27H23F6N5O3S/c1-16-21(15-34)24(35-17(2)23(16)36-42(40,41)19-7-5-6-18(14-19)26(28,29)30)37-10-12-38(13-11-37)25(39)20-8-3-4-9-22(20)27(31,32)33/h3-9,14,36H,10-13H2,1-2H3. The third-order valence-electron chi connectivity index (χ3n) is 6.76. The number of rotatable bonds is 5. The molecule has 1 N–H and O–H groups in total. The summed E-state index contributed by atoms with van der Waals surface area (Å²) in [7, 11) is -4.50. The van der Waals surface area contributed by atoms with Crippen molar-refractivity contribution < 1.29 is 39.6 Å². The molecule has 1 amide bonds. The second-order valence-corrected chi connectivity index (χ2v) is 11.1. The second-order valence-electron chi connectivity index (χ2n) is 9.46. The van der Waals surface area contributed by atoms with Crippen LogP contribution in [-0.2, 0) is 22.4 Å². The summed E-state index contributed by atoms with van der Waals surface area (Å²) in [6.45, 7) is 3.20. The number of carbonyl (C=O) groups is 1. The highest BCUT2D eigenvalue weighted by Gasteiger charge is 2.37. The molecule has 15 heteroatoms. The Morgan fingerprint density at radius 2 is 1.60 bits per heavy atom. The van der Waals surface area contributed by atoms with Crippen LogP contribution in [0.5, 0.6) is 0 Å². The van der Waals surface area contributed by atoms with Crippen molar-refractivity contribution in [2.45, 2.75) is 31.1 Å². The van der Waals surface area contributed by atoms with E-state index in [2.05, 4.69) is 9.71 Å². The normalized spacial score (nSPS) is 14.5. The molecule has 1 aliphatic rings. The molecule has 3 aromatic rings. The van der Waals surface area contributed by atoms with Gasteiger partial charge < -0.3 is 9.80 Å². The third-order valence-corrected chi connectivity index (χ3v) is 8.11.